The van der Waals surface area contributed by atoms with E-state index in [0.717, 1.165) is 0 Å². The van der Waals surface area contributed by atoms with Crippen LogP contribution in [-0.4, -0.2) is 24.7 Å². The number of nitrogens with two attached hydrogens (primary N) is 1. The Kier molecular flexibility index (Phi) is 4.32. The number of ether oxygens (including phenoxy) is 2. The number of pyridine rings is 1. The van der Waals surface area contributed by atoms with Crippen molar-refractivity contribution in [1.29, 1.82) is 0 Å². The molecule has 0 amide bonds. The zero-order valence-corrected chi connectivity index (χ0v) is 9.27. The van der Waals surface area contributed by atoms with E-state index in [-0.39, 0.29) is 0 Å². The third kappa shape index (κ3) is 3.27. The van der Waals surface area contributed by atoms with Gasteiger partial charge in [-0.25, -0.2) is 9.78 Å². The van der Waals surface area contributed by atoms with Crippen molar-refractivity contribution >= 4 is 17.7 Å². The number of hydrogen-bond acceptors (Lipinski definition) is 5. The van der Waals surface area contributed by atoms with E-state index in [1.54, 1.807) is 19.1 Å². The van der Waals surface area contributed by atoms with Gasteiger partial charge < -0.3 is 15.2 Å². The average Bonchev–Trinajstić information content (AvgIpc) is 2.27. The number of aromatic nitrogens is 1. The van der Waals surface area contributed by atoms with E-state index in [1.807, 2.05) is 0 Å². The molecule has 86 valence electrons. The second kappa shape index (κ2) is 5.75. The van der Waals surface area contributed by atoms with Gasteiger partial charge in [0, 0.05) is 11.6 Å². The van der Waals surface area contributed by atoms with Gasteiger partial charge in [-0.2, -0.15) is 0 Å². The number of methoxy groups -OCH3 is 1. The molecule has 0 radical (unpaired) electrons. The minimum atomic E-state index is -0.410. The van der Waals surface area contributed by atoms with E-state index in [0.29, 0.717) is 23.7 Å². The molecule has 0 aliphatic rings. The molecule has 0 fully saturated rings. The maximum atomic E-state index is 11.1. The second-order valence-corrected chi connectivity index (χ2v) is 2.95. The van der Waals surface area contributed by atoms with Gasteiger partial charge in [0.1, 0.15) is 0 Å². The molecular weight excluding hydrogens is 208 g/mol. The largest absolute Gasteiger partial charge is 0.481 e. The number of carbonyl (C=O) groups excluding carboxylic acids is 1. The molecule has 1 aromatic rings. The van der Waals surface area contributed by atoms with Crippen molar-refractivity contribution in [1.82, 2.24) is 4.98 Å². The lowest BCUT2D eigenvalue weighted by Gasteiger charge is -2.03. The van der Waals surface area contributed by atoms with Crippen LogP contribution < -0.4 is 10.5 Å². The molecule has 1 aromatic heterocycles. The highest BCUT2D eigenvalue weighted by Crippen LogP contribution is 2.18. The summed E-state index contributed by atoms with van der Waals surface area (Å²) in [6, 6.07) is 1.67. The van der Waals surface area contributed by atoms with Crippen molar-refractivity contribution in [3.63, 3.8) is 0 Å². The van der Waals surface area contributed by atoms with E-state index in [2.05, 4.69) is 4.98 Å². The molecular formula is C11H14N2O3. The monoisotopic (exact) mass is 222 g/mol. The minimum absolute atomic E-state index is 0.343. The van der Waals surface area contributed by atoms with Crippen molar-refractivity contribution in [3.05, 3.63) is 23.9 Å². The Morgan fingerprint density at radius 1 is 1.62 bits per heavy atom. The summed E-state index contributed by atoms with van der Waals surface area (Å²) in [5.41, 5.74) is 6.72. The Morgan fingerprint density at radius 2 is 2.38 bits per heavy atom. The van der Waals surface area contributed by atoms with Gasteiger partial charge in [-0.3, -0.25) is 0 Å². The Morgan fingerprint density at radius 3 is 3.00 bits per heavy atom. The maximum absolute atomic E-state index is 11.1. The molecule has 0 aliphatic carbocycles. The summed E-state index contributed by atoms with van der Waals surface area (Å²) in [5.74, 6) is 0.00160. The van der Waals surface area contributed by atoms with Crippen LogP contribution in [0.2, 0.25) is 0 Å². The summed E-state index contributed by atoms with van der Waals surface area (Å²) in [4.78, 5) is 15.1. The van der Waals surface area contributed by atoms with E-state index in [1.165, 1.54) is 19.4 Å². The first-order chi connectivity index (χ1) is 7.67. The van der Waals surface area contributed by atoms with Crippen molar-refractivity contribution in [2.24, 2.45) is 0 Å². The zero-order valence-electron chi connectivity index (χ0n) is 9.27. The maximum Gasteiger partial charge on any atom is 0.330 e. The van der Waals surface area contributed by atoms with Crippen LogP contribution in [0.4, 0.5) is 5.69 Å². The smallest absolute Gasteiger partial charge is 0.330 e. The summed E-state index contributed by atoms with van der Waals surface area (Å²) in [5, 5.41) is 0. The van der Waals surface area contributed by atoms with Gasteiger partial charge in [-0.05, 0) is 19.1 Å². The molecule has 16 heavy (non-hydrogen) atoms. The summed E-state index contributed by atoms with van der Waals surface area (Å²) in [7, 11) is 1.50. The summed E-state index contributed by atoms with van der Waals surface area (Å²) in [6.45, 7) is 2.09. The van der Waals surface area contributed by atoms with Crippen LogP contribution in [0.1, 0.15) is 12.5 Å². The minimum Gasteiger partial charge on any atom is -0.481 e. The molecule has 5 heteroatoms. The standard InChI is InChI=1S/C11H14N2O3/c1-3-16-10(14)5-4-8-6-9(12)7-13-11(8)15-2/h4-7H,3,12H2,1-2H3. The van der Waals surface area contributed by atoms with Crippen LogP contribution >= 0.6 is 0 Å². The second-order valence-electron chi connectivity index (χ2n) is 2.95. The highest BCUT2D eigenvalue weighted by atomic mass is 16.5. The van der Waals surface area contributed by atoms with Crippen LogP contribution in [0.15, 0.2) is 18.3 Å². The Hall–Kier alpha value is -2.04. The number of carbonyl (C=O) groups is 1. The van der Waals surface area contributed by atoms with Gasteiger partial charge in [0.2, 0.25) is 5.88 Å². The van der Waals surface area contributed by atoms with Gasteiger partial charge in [0.15, 0.2) is 0 Å². The number of hydrogen-bond donors (Lipinski definition) is 1. The lowest BCUT2D eigenvalue weighted by molar-refractivity contribution is -0.137. The van der Waals surface area contributed by atoms with E-state index >= 15 is 0 Å². The number of nitrogens with zero attached hydrogens (tertiary/aromatic N) is 1. The topological polar surface area (TPSA) is 74.4 Å². The highest BCUT2D eigenvalue weighted by molar-refractivity contribution is 5.87. The molecule has 5 nitrogen and oxygen atoms in total. The van der Waals surface area contributed by atoms with Crippen molar-refractivity contribution in [2.75, 3.05) is 19.5 Å². The number of nitrogen functional groups attached to an aromatic ring is 1. The fourth-order valence-electron chi connectivity index (χ4n) is 1.12. The van der Waals surface area contributed by atoms with Crippen LogP contribution in [0.25, 0.3) is 6.08 Å². The molecule has 1 rings (SSSR count). The Balaban J connectivity index is 2.86. The van der Waals surface area contributed by atoms with E-state index in [9.17, 15) is 4.79 Å². The summed E-state index contributed by atoms with van der Waals surface area (Å²) < 4.78 is 9.77. The van der Waals surface area contributed by atoms with Crippen molar-refractivity contribution in [3.8, 4) is 5.88 Å². The summed E-state index contributed by atoms with van der Waals surface area (Å²) >= 11 is 0. The SMILES string of the molecule is CCOC(=O)C=Cc1cc(N)cnc1OC. The predicted molar refractivity (Wildman–Crippen MR) is 60.9 cm³/mol. The molecule has 2 N–H and O–H groups in total. The zero-order chi connectivity index (χ0) is 12.0. The third-order valence-corrected chi connectivity index (χ3v) is 1.78. The van der Waals surface area contributed by atoms with Crippen molar-refractivity contribution < 1.29 is 14.3 Å². The lowest BCUT2D eigenvalue weighted by atomic mass is 10.2. The predicted octanol–water partition coefficient (Wildman–Crippen LogP) is 1.25. The first kappa shape index (κ1) is 12.0. The first-order valence-electron chi connectivity index (χ1n) is 4.81. The van der Waals surface area contributed by atoms with E-state index < -0.39 is 5.97 Å². The fourth-order valence-corrected chi connectivity index (χ4v) is 1.12. The van der Waals surface area contributed by atoms with Crippen LogP contribution in [0, 0.1) is 0 Å². The molecule has 1 heterocycles. The molecule has 0 bridgehead atoms. The number of rotatable bonds is 4. The van der Waals surface area contributed by atoms with Gasteiger partial charge in [-0.15, -0.1) is 0 Å². The highest BCUT2D eigenvalue weighted by Gasteiger charge is 2.02. The molecule has 0 saturated carbocycles. The molecule has 0 atom stereocenters. The normalized spacial score (nSPS) is 10.4. The van der Waals surface area contributed by atoms with Crippen LogP contribution in [0.5, 0.6) is 5.88 Å². The van der Waals surface area contributed by atoms with Crippen LogP contribution in [-0.2, 0) is 9.53 Å². The quantitative estimate of drug-likeness (QED) is 0.613. The fraction of sp³-hybridized carbons (Fsp3) is 0.273. The number of anilines is 1. The molecule has 0 aromatic carbocycles. The van der Waals surface area contributed by atoms with E-state index in [4.69, 9.17) is 15.2 Å². The van der Waals surface area contributed by atoms with Gasteiger partial charge >= 0.3 is 5.97 Å². The van der Waals surface area contributed by atoms with Crippen LogP contribution in [0.3, 0.4) is 0 Å². The third-order valence-electron chi connectivity index (χ3n) is 1.78. The molecule has 0 unspecified atom stereocenters. The molecule has 0 saturated heterocycles. The van der Waals surface area contributed by atoms with Crippen molar-refractivity contribution in [2.45, 2.75) is 6.92 Å². The Labute approximate surface area is 93.9 Å². The number of esters is 1. The first-order valence-corrected chi connectivity index (χ1v) is 4.81. The Bertz CT molecular complexity index is 402. The van der Waals surface area contributed by atoms with Gasteiger partial charge in [-0.1, -0.05) is 0 Å². The summed E-state index contributed by atoms with van der Waals surface area (Å²) in [6.07, 6.45) is 4.35. The molecule has 0 spiro atoms. The molecule has 0 aliphatic heterocycles. The van der Waals surface area contributed by atoms with Gasteiger partial charge in [0.25, 0.3) is 0 Å². The van der Waals surface area contributed by atoms with Gasteiger partial charge in [0.05, 0.1) is 25.6 Å². The average molecular weight is 222 g/mol. The lowest BCUT2D eigenvalue weighted by Crippen LogP contribution is -1.99.